The Balaban J connectivity index is 2.25. The van der Waals surface area contributed by atoms with Gasteiger partial charge in [0, 0.05) is 6.42 Å². The van der Waals surface area contributed by atoms with Crippen LogP contribution in [0.15, 0.2) is 12.2 Å². The molecular weight excluding hydrogens is 779 g/mol. The van der Waals surface area contributed by atoms with E-state index in [1.165, 1.54) is 205 Å². The summed E-state index contributed by atoms with van der Waals surface area (Å²) >= 11 is 0. The van der Waals surface area contributed by atoms with Gasteiger partial charge in [0.2, 0.25) is 5.91 Å². The van der Waals surface area contributed by atoms with E-state index in [2.05, 4.69) is 19.2 Å². The maximum absolute atomic E-state index is 13.0. The molecule has 7 atom stereocenters. The van der Waals surface area contributed by atoms with Gasteiger partial charge in [0.15, 0.2) is 6.29 Å². The topological polar surface area (TPSA) is 149 Å². The molecule has 9 heteroatoms. The van der Waals surface area contributed by atoms with Gasteiger partial charge in [0.1, 0.15) is 24.4 Å². The predicted molar refractivity (Wildman–Crippen MR) is 258 cm³/mol. The van der Waals surface area contributed by atoms with Crippen molar-refractivity contribution in [3.05, 3.63) is 12.2 Å². The second-order valence-corrected chi connectivity index (χ2v) is 19.0. The first-order valence-corrected chi connectivity index (χ1v) is 26.9. The average Bonchev–Trinajstić information content (AvgIpc) is 3.27. The molecule has 1 heterocycles. The molecule has 0 aliphatic carbocycles. The molecule has 1 saturated heterocycles. The van der Waals surface area contributed by atoms with Gasteiger partial charge in [-0.15, -0.1) is 0 Å². The van der Waals surface area contributed by atoms with Crippen LogP contribution in [0, 0.1) is 0 Å². The number of hydrogen-bond acceptors (Lipinski definition) is 8. The summed E-state index contributed by atoms with van der Waals surface area (Å²) in [6, 6.07) is -0.799. The van der Waals surface area contributed by atoms with E-state index in [4.69, 9.17) is 9.47 Å². The van der Waals surface area contributed by atoms with Gasteiger partial charge >= 0.3 is 0 Å². The van der Waals surface area contributed by atoms with E-state index in [-0.39, 0.29) is 12.5 Å². The molecule has 0 spiro atoms. The predicted octanol–water partition coefficient (Wildman–Crippen LogP) is 12.5. The number of carbonyl (C=O) groups is 1. The third-order valence-electron chi connectivity index (χ3n) is 13.1. The number of hydrogen-bond donors (Lipinski definition) is 6. The fraction of sp³-hybridized carbons (Fsp3) is 0.943. The van der Waals surface area contributed by atoms with Gasteiger partial charge in [-0.05, 0) is 19.3 Å². The summed E-state index contributed by atoms with van der Waals surface area (Å²) in [6.45, 7) is 3.81. The minimum absolute atomic E-state index is 0.171. The summed E-state index contributed by atoms with van der Waals surface area (Å²) < 4.78 is 11.3. The Hall–Kier alpha value is -1.07. The molecule has 1 aliphatic rings. The van der Waals surface area contributed by atoms with E-state index in [0.717, 1.165) is 38.5 Å². The van der Waals surface area contributed by atoms with Gasteiger partial charge in [-0.3, -0.25) is 4.79 Å². The first-order valence-electron chi connectivity index (χ1n) is 26.9. The highest BCUT2D eigenvalue weighted by Gasteiger charge is 2.44. The smallest absolute Gasteiger partial charge is 0.220 e. The van der Waals surface area contributed by atoms with Crippen molar-refractivity contribution in [2.75, 3.05) is 13.2 Å². The summed E-state index contributed by atoms with van der Waals surface area (Å²) in [7, 11) is 0. The normalized spacial score (nSPS) is 20.3. The van der Waals surface area contributed by atoms with Crippen LogP contribution in [0.25, 0.3) is 0 Å². The molecular formula is C53H103NO8. The lowest BCUT2D eigenvalue weighted by molar-refractivity contribution is -0.302. The Morgan fingerprint density at radius 2 is 0.887 bits per heavy atom. The molecule has 0 aromatic rings. The van der Waals surface area contributed by atoms with E-state index < -0.39 is 49.5 Å². The van der Waals surface area contributed by atoms with Gasteiger partial charge in [-0.25, -0.2) is 0 Å². The number of nitrogens with one attached hydrogen (secondary N) is 1. The van der Waals surface area contributed by atoms with Crippen LogP contribution >= 0.6 is 0 Å². The highest BCUT2D eigenvalue weighted by atomic mass is 16.7. The zero-order chi connectivity index (χ0) is 45.1. The lowest BCUT2D eigenvalue weighted by atomic mass is 9.99. The van der Waals surface area contributed by atoms with Crippen LogP contribution in [-0.4, -0.2) is 87.5 Å². The highest BCUT2D eigenvalue weighted by Crippen LogP contribution is 2.23. The fourth-order valence-corrected chi connectivity index (χ4v) is 8.81. The standard InChI is InChI=1S/C53H103NO8/c1-3-5-7-9-11-13-15-17-19-21-22-23-24-25-27-29-31-33-35-37-39-41-43-49(57)54-46(45-61-53-52(60)51(59)50(58)48(44-55)62-53)47(56)42-40-38-36-34-32-30-28-26-20-18-16-14-12-10-8-6-4-2/h40,42,46-48,50-53,55-56,58-60H,3-39,41,43-45H2,1-2H3,(H,54,57)/b42-40+. The van der Waals surface area contributed by atoms with Crippen LogP contribution in [0.5, 0.6) is 0 Å². The summed E-state index contributed by atoms with van der Waals surface area (Å²) in [5.41, 5.74) is 0. The van der Waals surface area contributed by atoms with Gasteiger partial charge in [-0.2, -0.15) is 0 Å². The molecule has 1 fully saturated rings. The molecule has 9 nitrogen and oxygen atoms in total. The maximum atomic E-state index is 13.0. The van der Waals surface area contributed by atoms with Crippen LogP contribution < -0.4 is 5.32 Å². The minimum Gasteiger partial charge on any atom is -0.394 e. The zero-order valence-corrected chi connectivity index (χ0v) is 40.6. The molecule has 0 saturated carbocycles. The number of carbonyl (C=O) groups excluding carboxylic acids is 1. The molecule has 368 valence electrons. The van der Waals surface area contributed by atoms with E-state index in [0.29, 0.717) is 6.42 Å². The Bertz CT molecular complexity index is 981. The molecule has 1 rings (SSSR count). The second kappa shape index (κ2) is 43.8. The van der Waals surface area contributed by atoms with Gasteiger partial charge in [0.05, 0.1) is 25.4 Å². The van der Waals surface area contributed by atoms with Gasteiger partial charge < -0.3 is 40.3 Å². The molecule has 62 heavy (non-hydrogen) atoms. The van der Waals surface area contributed by atoms with E-state index in [1.54, 1.807) is 6.08 Å². The second-order valence-electron chi connectivity index (χ2n) is 19.0. The monoisotopic (exact) mass is 882 g/mol. The highest BCUT2D eigenvalue weighted by molar-refractivity contribution is 5.76. The Kier molecular flexibility index (Phi) is 41.6. The van der Waals surface area contributed by atoms with Crippen molar-refractivity contribution in [3.63, 3.8) is 0 Å². The molecule has 0 bridgehead atoms. The van der Waals surface area contributed by atoms with E-state index >= 15 is 0 Å². The van der Waals surface area contributed by atoms with Crippen molar-refractivity contribution < 1.29 is 39.8 Å². The lowest BCUT2D eigenvalue weighted by Gasteiger charge is -2.40. The van der Waals surface area contributed by atoms with Crippen molar-refractivity contribution in [2.45, 2.75) is 307 Å². The minimum atomic E-state index is -1.56. The molecule has 1 aliphatic heterocycles. The Morgan fingerprint density at radius 3 is 1.26 bits per heavy atom. The van der Waals surface area contributed by atoms with Crippen molar-refractivity contribution >= 4 is 5.91 Å². The van der Waals surface area contributed by atoms with Gasteiger partial charge in [-0.1, -0.05) is 251 Å². The quantitative estimate of drug-likeness (QED) is 0.0261. The van der Waals surface area contributed by atoms with Crippen LogP contribution in [0.3, 0.4) is 0 Å². The Labute approximate surface area is 382 Å². The summed E-state index contributed by atoms with van der Waals surface area (Å²) in [5.74, 6) is -0.171. The summed E-state index contributed by atoms with van der Waals surface area (Å²) in [5, 5.41) is 54.4. The number of allylic oxidation sites excluding steroid dienone is 1. The number of aliphatic hydroxyl groups is 5. The molecule has 0 aromatic carbocycles. The van der Waals surface area contributed by atoms with Crippen LogP contribution in [0.1, 0.15) is 264 Å². The van der Waals surface area contributed by atoms with Gasteiger partial charge in [0.25, 0.3) is 0 Å². The van der Waals surface area contributed by atoms with E-state index in [9.17, 15) is 30.3 Å². The van der Waals surface area contributed by atoms with Crippen LogP contribution in [0.4, 0.5) is 0 Å². The summed E-state index contributed by atoms with van der Waals surface area (Å²) in [4.78, 5) is 13.0. The van der Waals surface area contributed by atoms with Crippen molar-refractivity contribution in [3.8, 4) is 0 Å². The number of aliphatic hydroxyl groups excluding tert-OH is 5. The SMILES string of the molecule is CCCCCCCCCCCCCCCCC/C=C/C(O)C(COC1OC(CO)C(O)C(O)C1O)NC(=O)CCCCCCCCCCCCCCCCCCCCCCCC. The summed E-state index contributed by atoms with van der Waals surface area (Å²) in [6.07, 6.45) is 45.5. The zero-order valence-electron chi connectivity index (χ0n) is 40.6. The number of unbranched alkanes of at least 4 members (excludes halogenated alkanes) is 36. The number of amides is 1. The molecule has 7 unspecified atom stereocenters. The number of ether oxygens (including phenoxy) is 2. The maximum Gasteiger partial charge on any atom is 0.220 e. The fourth-order valence-electron chi connectivity index (χ4n) is 8.81. The van der Waals surface area contributed by atoms with Crippen molar-refractivity contribution in [1.29, 1.82) is 0 Å². The third kappa shape index (κ3) is 33.4. The molecule has 0 radical (unpaired) electrons. The van der Waals surface area contributed by atoms with E-state index in [1.807, 2.05) is 6.08 Å². The molecule has 1 amide bonds. The Morgan fingerprint density at radius 1 is 0.532 bits per heavy atom. The third-order valence-corrected chi connectivity index (χ3v) is 13.1. The lowest BCUT2D eigenvalue weighted by Crippen LogP contribution is -2.60. The largest absolute Gasteiger partial charge is 0.394 e. The van der Waals surface area contributed by atoms with Crippen LogP contribution in [-0.2, 0) is 14.3 Å². The van der Waals surface area contributed by atoms with Crippen LogP contribution in [0.2, 0.25) is 0 Å². The first-order chi connectivity index (χ1) is 30.3. The van der Waals surface area contributed by atoms with Crippen molar-refractivity contribution in [1.82, 2.24) is 5.32 Å². The first kappa shape index (κ1) is 58.9. The van der Waals surface area contributed by atoms with Crippen molar-refractivity contribution in [2.24, 2.45) is 0 Å². The molecule has 6 N–H and O–H groups in total. The molecule has 0 aromatic heterocycles. The average molecular weight is 882 g/mol. The number of rotatable bonds is 46.